The van der Waals surface area contributed by atoms with Crippen LogP contribution in [0.3, 0.4) is 0 Å². The Kier molecular flexibility index (Phi) is 8.19. The molecule has 0 radical (unpaired) electrons. The Morgan fingerprint density at radius 3 is 1.91 bits per heavy atom. The molecular weight excluding hydrogens is 302 g/mol. The lowest BCUT2D eigenvalue weighted by Crippen LogP contribution is -2.56. The van der Waals surface area contributed by atoms with Gasteiger partial charge in [-0.05, 0) is 17.8 Å². The van der Waals surface area contributed by atoms with Crippen molar-refractivity contribution < 1.29 is 24.7 Å². The third-order valence-electron chi connectivity index (χ3n) is 3.48. The first-order chi connectivity index (χ1) is 10.4. The van der Waals surface area contributed by atoms with Crippen LogP contribution in [0.5, 0.6) is 0 Å². The Morgan fingerprint density at radius 1 is 1.04 bits per heavy atom. The normalized spacial score (nSPS) is 15.5. The largest absolute Gasteiger partial charge is 0.382 e. The molecule has 3 atom stereocenters. The molecule has 8 heteroatoms. The molecule has 134 valence electrons. The van der Waals surface area contributed by atoms with E-state index in [4.69, 9.17) is 5.21 Å². The summed E-state index contributed by atoms with van der Waals surface area (Å²) in [5.74, 6) is -3.08. The fourth-order valence-corrected chi connectivity index (χ4v) is 2.21. The van der Waals surface area contributed by atoms with E-state index in [1.807, 2.05) is 13.8 Å². The third kappa shape index (κ3) is 6.54. The number of likely N-dealkylation sites (N-methyl/N-ethyl adjacent to an activating group) is 1. The van der Waals surface area contributed by atoms with E-state index in [1.165, 1.54) is 12.5 Å². The number of carbonyl (C=O) groups is 3. The molecule has 5 N–H and O–H groups in total. The smallest absolute Gasteiger partial charge is 0.272 e. The van der Waals surface area contributed by atoms with Gasteiger partial charge in [0.05, 0.1) is 5.92 Å². The average Bonchev–Trinajstić information content (AvgIpc) is 2.46. The van der Waals surface area contributed by atoms with Gasteiger partial charge in [-0.3, -0.25) is 19.6 Å². The zero-order valence-electron chi connectivity index (χ0n) is 14.6. The first-order valence-electron chi connectivity index (χ1n) is 7.59. The van der Waals surface area contributed by atoms with E-state index in [-0.39, 0.29) is 18.2 Å². The number of carbonyl (C=O) groups excluding carboxylic acids is 3. The number of aliphatic hydroxyl groups is 1. The van der Waals surface area contributed by atoms with Crippen LogP contribution in [0.2, 0.25) is 0 Å². The van der Waals surface area contributed by atoms with Crippen molar-refractivity contribution in [1.29, 1.82) is 0 Å². The number of hydroxylamine groups is 1. The standard InChI is InChI=1S/C15H29N3O5/c1-8(2)7-9(10(19)13(21)18-23)12(20)17-11(14(22)16-6)15(3,4)5/h8-11,19,23H,7H2,1-6H3,(H,16,22)(H,17,20)(H,18,21)/t9-,10+,11+/m1/s1. The van der Waals surface area contributed by atoms with Crippen LogP contribution in [0.1, 0.15) is 41.0 Å². The molecule has 8 nitrogen and oxygen atoms in total. The minimum absolute atomic E-state index is 0.0278. The summed E-state index contributed by atoms with van der Waals surface area (Å²) in [4.78, 5) is 35.9. The van der Waals surface area contributed by atoms with Crippen LogP contribution in [0, 0.1) is 17.3 Å². The molecule has 0 saturated heterocycles. The fourth-order valence-electron chi connectivity index (χ4n) is 2.21. The Morgan fingerprint density at radius 2 is 1.57 bits per heavy atom. The van der Waals surface area contributed by atoms with Gasteiger partial charge in [0.15, 0.2) is 0 Å². The molecule has 0 heterocycles. The van der Waals surface area contributed by atoms with E-state index < -0.39 is 35.3 Å². The Bertz CT molecular complexity index is 431. The van der Waals surface area contributed by atoms with E-state index in [9.17, 15) is 19.5 Å². The van der Waals surface area contributed by atoms with E-state index in [0.29, 0.717) is 0 Å². The first-order valence-corrected chi connectivity index (χ1v) is 7.59. The molecule has 0 rings (SSSR count). The zero-order chi connectivity index (χ0) is 18.4. The van der Waals surface area contributed by atoms with E-state index in [2.05, 4.69) is 10.6 Å². The second kappa shape index (κ2) is 8.83. The molecular formula is C15H29N3O5. The molecule has 0 unspecified atom stereocenters. The average molecular weight is 331 g/mol. The van der Waals surface area contributed by atoms with Crippen molar-refractivity contribution >= 4 is 17.7 Å². The van der Waals surface area contributed by atoms with Crippen molar-refractivity contribution in [3.63, 3.8) is 0 Å². The summed E-state index contributed by atoms with van der Waals surface area (Å²) >= 11 is 0. The second-order valence-corrected chi connectivity index (χ2v) is 7.08. The maximum absolute atomic E-state index is 12.5. The van der Waals surface area contributed by atoms with Crippen LogP contribution in [0.15, 0.2) is 0 Å². The molecule has 0 aliphatic carbocycles. The lowest BCUT2D eigenvalue weighted by molar-refractivity contribution is -0.147. The van der Waals surface area contributed by atoms with Gasteiger partial charge in [-0.1, -0.05) is 34.6 Å². The summed E-state index contributed by atoms with van der Waals surface area (Å²) in [6, 6.07) is -0.820. The van der Waals surface area contributed by atoms with Gasteiger partial charge in [0.2, 0.25) is 11.8 Å². The van der Waals surface area contributed by atoms with Gasteiger partial charge in [0, 0.05) is 7.05 Å². The summed E-state index contributed by atoms with van der Waals surface area (Å²) in [6.07, 6.45) is -1.47. The highest BCUT2D eigenvalue weighted by atomic mass is 16.5. The predicted molar refractivity (Wildman–Crippen MR) is 84.3 cm³/mol. The number of hydrogen-bond donors (Lipinski definition) is 5. The maximum Gasteiger partial charge on any atom is 0.272 e. The molecule has 0 aromatic carbocycles. The minimum Gasteiger partial charge on any atom is -0.382 e. The second-order valence-electron chi connectivity index (χ2n) is 7.08. The van der Waals surface area contributed by atoms with Gasteiger partial charge < -0.3 is 15.7 Å². The van der Waals surface area contributed by atoms with Gasteiger partial charge in [0.25, 0.3) is 5.91 Å². The van der Waals surface area contributed by atoms with E-state index >= 15 is 0 Å². The molecule has 0 spiro atoms. The predicted octanol–water partition coefficient (Wildman–Crippen LogP) is -0.208. The molecule has 3 amide bonds. The highest BCUT2D eigenvalue weighted by Gasteiger charge is 2.38. The Hall–Kier alpha value is -1.67. The van der Waals surface area contributed by atoms with Gasteiger partial charge in [-0.2, -0.15) is 0 Å². The maximum atomic E-state index is 12.5. The monoisotopic (exact) mass is 331 g/mol. The van der Waals surface area contributed by atoms with Crippen LogP contribution in [-0.2, 0) is 14.4 Å². The number of nitrogens with one attached hydrogen (secondary N) is 3. The summed E-state index contributed by atoms with van der Waals surface area (Å²) in [7, 11) is 1.47. The Labute approximate surface area is 137 Å². The van der Waals surface area contributed by atoms with Crippen molar-refractivity contribution in [2.75, 3.05) is 7.05 Å². The van der Waals surface area contributed by atoms with Crippen molar-refractivity contribution in [2.45, 2.75) is 53.2 Å². The van der Waals surface area contributed by atoms with Crippen LogP contribution in [0.25, 0.3) is 0 Å². The summed E-state index contributed by atoms with van der Waals surface area (Å²) in [6.45, 7) is 9.05. The summed E-state index contributed by atoms with van der Waals surface area (Å²) in [5.41, 5.74) is 0.789. The van der Waals surface area contributed by atoms with Crippen LogP contribution in [0.4, 0.5) is 0 Å². The number of aliphatic hydroxyl groups excluding tert-OH is 1. The molecule has 0 aliphatic rings. The van der Waals surface area contributed by atoms with Gasteiger partial charge >= 0.3 is 0 Å². The minimum atomic E-state index is -1.70. The van der Waals surface area contributed by atoms with E-state index in [0.717, 1.165) is 0 Å². The van der Waals surface area contributed by atoms with Crippen LogP contribution in [-0.4, -0.2) is 47.2 Å². The lowest BCUT2D eigenvalue weighted by Gasteiger charge is -2.32. The molecule has 0 fully saturated rings. The zero-order valence-corrected chi connectivity index (χ0v) is 14.6. The van der Waals surface area contributed by atoms with Gasteiger partial charge in [-0.15, -0.1) is 0 Å². The Balaban J connectivity index is 5.35. The van der Waals surface area contributed by atoms with Gasteiger partial charge in [-0.25, -0.2) is 5.48 Å². The molecule has 0 aliphatic heterocycles. The lowest BCUT2D eigenvalue weighted by atomic mass is 9.84. The highest BCUT2D eigenvalue weighted by Crippen LogP contribution is 2.22. The van der Waals surface area contributed by atoms with Gasteiger partial charge in [0.1, 0.15) is 12.1 Å². The van der Waals surface area contributed by atoms with Crippen molar-refractivity contribution in [3.8, 4) is 0 Å². The molecule has 23 heavy (non-hydrogen) atoms. The SMILES string of the molecule is CNC(=O)[C@H](NC(=O)[C@H](CC(C)C)[C@H](O)C(=O)NO)C(C)(C)C. The molecule has 0 aromatic rings. The van der Waals surface area contributed by atoms with Crippen LogP contribution >= 0.6 is 0 Å². The summed E-state index contributed by atoms with van der Waals surface area (Å²) < 4.78 is 0. The number of hydrogen-bond acceptors (Lipinski definition) is 5. The molecule has 0 saturated carbocycles. The molecule has 0 bridgehead atoms. The third-order valence-corrected chi connectivity index (χ3v) is 3.48. The highest BCUT2D eigenvalue weighted by molar-refractivity contribution is 5.92. The van der Waals surface area contributed by atoms with E-state index in [1.54, 1.807) is 20.8 Å². The molecule has 0 aromatic heterocycles. The quantitative estimate of drug-likeness (QED) is 0.326. The fraction of sp³-hybridized carbons (Fsp3) is 0.800. The first kappa shape index (κ1) is 21.3. The van der Waals surface area contributed by atoms with Crippen molar-refractivity contribution in [3.05, 3.63) is 0 Å². The van der Waals surface area contributed by atoms with Crippen LogP contribution < -0.4 is 16.1 Å². The summed E-state index contributed by atoms with van der Waals surface area (Å²) in [5, 5.41) is 23.7. The number of amides is 3. The topological polar surface area (TPSA) is 128 Å². The van der Waals surface area contributed by atoms with Crippen molar-refractivity contribution in [1.82, 2.24) is 16.1 Å². The van der Waals surface area contributed by atoms with Crippen molar-refractivity contribution in [2.24, 2.45) is 17.3 Å². The number of rotatable bonds is 7.